The fourth-order valence-corrected chi connectivity index (χ4v) is 8.89. The quantitative estimate of drug-likeness (QED) is 0.368. The molecule has 0 unspecified atom stereocenters. The molecule has 1 aromatic carbocycles. The minimum Gasteiger partial charge on any atom is -0.465 e. The van der Waals surface area contributed by atoms with Crippen LogP contribution in [0.2, 0.25) is 0 Å². The Kier molecular flexibility index (Phi) is 9.70. The first kappa shape index (κ1) is 36.1. The van der Waals surface area contributed by atoms with E-state index in [1.807, 2.05) is 37.3 Å². The van der Waals surface area contributed by atoms with Gasteiger partial charge in [-0.3, -0.25) is 19.1 Å². The fourth-order valence-electron chi connectivity index (χ4n) is 6.60. The molecule has 3 N–H and O–H groups in total. The van der Waals surface area contributed by atoms with Gasteiger partial charge in [0.25, 0.3) is 11.1 Å². The van der Waals surface area contributed by atoms with Crippen molar-refractivity contribution in [3.05, 3.63) is 35.9 Å². The highest BCUT2D eigenvalue weighted by molar-refractivity contribution is 7.91. The summed E-state index contributed by atoms with van der Waals surface area (Å²) in [5, 5.41) is 6.02. The summed E-state index contributed by atoms with van der Waals surface area (Å²) < 4.78 is 40.1. The zero-order valence-corrected chi connectivity index (χ0v) is 30.9. The van der Waals surface area contributed by atoms with Gasteiger partial charge in [-0.1, -0.05) is 42.4 Å². The predicted molar refractivity (Wildman–Crippen MR) is 188 cm³/mol. The van der Waals surface area contributed by atoms with E-state index in [4.69, 9.17) is 9.47 Å². The molecular weight excluding hydrogens is 683 g/mol. The van der Waals surface area contributed by atoms with E-state index in [2.05, 4.69) is 20.3 Å². The summed E-state index contributed by atoms with van der Waals surface area (Å²) in [7, 11) is -3.96. The Hall–Kier alpha value is -3.72. The number of hydrogen-bond acceptors (Lipinski definition) is 10. The Morgan fingerprint density at radius 1 is 1.14 bits per heavy atom. The SMILES string of the molecule is Cc1ccc2nc(O[C@@H]3C[C@H]4C(=O)N[C@]5(C(=O)NS(=O)(=O)C6(C)CC6)C[C@@H]5/C=C\CCCCC[C@H](NC(=O)OC(C)(C)C)C(=O)N4C3)sc2c1. The summed E-state index contributed by atoms with van der Waals surface area (Å²) in [4.78, 5) is 61.2. The van der Waals surface area contributed by atoms with Gasteiger partial charge >= 0.3 is 6.09 Å². The van der Waals surface area contributed by atoms with Gasteiger partial charge in [-0.25, -0.2) is 18.2 Å². The van der Waals surface area contributed by atoms with Crippen molar-refractivity contribution < 1.29 is 37.1 Å². The second kappa shape index (κ2) is 13.4. The van der Waals surface area contributed by atoms with Gasteiger partial charge in [0.15, 0.2) is 0 Å². The van der Waals surface area contributed by atoms with Gasteiger partial charge in [-0.2, -0.15) is 0 Å². The zero-order chi connectivity index (χ0) is 36.1. The maximum absolute atomic E-state index is 14.3. The van der Waals surface area contributed by atoms with E-state index in [0.29, 0.717) is 37.3 Å². The number of carbonyl (C=O) groups is 4. The third-order valence-corrected chi connectivity index (χ3v) is 13.0. The molecule has 50 heavy (non-hydrogen) atoms. The number of aromatic nitrogens is 1. The topological polar surface area (TPSA) is 173 Å². The lowest BCUT2D eigenvalue weighted by Gasteiger charge is -2.30. The molecular formula is C35H47N5O8S2. The number of ether oxygens (including phenoxy) is 2. The molecule has 15 heteroatoms. The molecule has 4 amide bonds. The number of rotatable bonds is 6. The van der Waals surface area contributed by atoms with Crippen LogP contribution in [-0.2, 0) is 29.1 Å². The number of alkyl carbamates (subject to hydrolysis) is 1. The van der Waals surface area contributed by atoms with Gasteiger partial charge in [0, 0.05) is 12.3 Å². The van der Waals surface area contributed by atoms with Gasteiger partial charge < -0.3 is 25.0 Å². The molecule has 13 nitrogen and oxygen atoms in total. The zero-order valence-electron chi connectivity index (χ0n) is 29.2. The van der Waals surface area contributed by atoms with Gasteiger partial charge in [0.1, 0.15) is 29.3 Å². The van der Waals surface area contributed by atoms with Crippen LogP contribution in [0.1, 0.15) is 91.0 Å². The number of carbonyl (C=O) groups excluding carboxylic acids is 4. The Balaban J connectivity index is 1.29. The minimum absolute atomic E-state index is 0.0354. The first-order valence-electron chi connectivity index (χ1n) is 17.4. The molecule has 3 heterocycles. The largest absolute Gasteiger partial charge is 0.465 e. The van der Waals surface area contributed by atoms with Gasteiger partial charge in [-0.15, -0.1) is 0 Å². The van der Waals surface area contributed by atoms with Crippen LogP contribution >= 0.6 is 11.3 Å². The standard InChI is InChI=1S/C35H47N5O8S2/c1-21-13-14-24-27(17-21)49-32(37-24)47-23-18-26-28(41)38-35(30(43)39-50(45,46)34(5)15-16-34)19-22(35)11-9-7-6-8-10-12-25(29(42)40(26)20-23)36-31(44)48-33(2,3)4/h9,11,13-14,17,22-23,25-26H,6-8,10,12,15-16,18-20H2,1-5H3,(H,36,44)(H,38,41)(H,39,43)/b11-9-/t22-,23+,25-,26-,35+/m0/s1. The Bertz CT molecular complexity index is 1810. The highest BCUT2D eigenvalue weighted by Crippen LogP contribution is 2.47. The first-order chi connectivity index (χ1) is 23.5. The van der Waals surface area contributed by atoms with Crippen molar-refractivity contribution in [2.75, 3.05) is 6.54 Å². The fraction of sp³-hybridized carbons (Fsp3) is 0.629. The van der Waals surface area contributed by atoms with Crippen LogP contribution < -0.4 is 20.1 Å². The number of sulfonamides is 1. The molecule has 2 aliphatic heterocycles. The van der Waals surface area contributed by atoms with E-state index in [9.17, 15) is 27.6 Å². The number of fused-ring (bicyclic) bond motifs is 3. The van der Waals surface area contributed by atoms with Crippen LogP contribution in [0.3, 0.4) is 0 Å². The average Bonchev–Trinajstić information content (AvgIpc) is 3.83. The van der Waals surface area contributed by atoms with Gasteiger partial charge in [0.2, 0.25) is 21.8 Å². The third-order valence-electron chi connectivity index (χ3n) is 9.96. The highest BCUT2D eigenvalue weighted by atomic mass is 32.2. The third kappa shape index (κ3) is 7.78. The van der Waals surface area contributed by atoms with E-state index >= 15 is 0 Å². The first-order valence-corrected chi connectivity index (χ1v) is 19.7. The van der Waals surface area contributed by atoms with Crippen molar-refractivity contribution in [1.29, 1.82) is 0 Å². The number of thiazole rings is 1. The summed E-state index contributed by atoms with van der Waals surface area (Å²) in [5.74, 6) is -2.26. The van der Waals surface area contributed by atoms with Crippen LogP contribution in [0.25, 0.3) is 10.2 Å². The summed E-state index contributed by atoms with van der Waals surface area (Å²) in [6.45, 7) is 8.82. The van der Waals surface area contributed by atoms with E-state index in [1.165, 1.54) is 16.2 Å². The second-order valence-corrected chi connectivity index (χ2v) is 18.5. The van der Waals surface area contributed by atoms with Crippen molar-refractivity contribution in [1.82, 2.24) is 25.2 Å². The van der Waals surface area contributed by atoms with Gasteiger partial charge in [-0.05, 0) is 90.8 Å². The highest BCUT2D eigenvalue weighted by Gasteiger charge is 2.63. The molecule has 1 saturated heterocycles. The van der Waals surface area contributed by atoms with Crippen LogP contribution in [0, 0.1) is 12.8 Å². The molecule has 2 aromatic rings. The summed E-state index contributed by atoms with van der Waals surface area (Å²) in [5.41, 5.74) is -0.423. The lowest BCUT2D eigenvalue weighted by molar-refractivity contribution is -0.141. The lowest BCUT2D eigenvalue weighted by atomic mass is 10.0. The Morgan fingerprint density at radius 3 is 2.62 bits per heavy atom. The molecule has 0 spiro atoms. The van der Waals surface area contributed by atoms with E-state index in [1.54, 1.807) is 27.7 Å². The number of nitrogens with zero attached hydrogens (tertiary/aromatic N) is 2. The van der Waals surface area contributed by atoms with Crippen molar-refractivity contribution in [3.63, 3.8) is 0 Å². The summed E-state index contributed by atoms with van der Waals surface area (Å²) >= 11 is 1.37. The average molecular weight is 730 g/mol. The van der Waals surface area contributed by atoms with Crippen molar-refractivity contribution >= 4 is 55.4 Å². The summed E-state index contributed by atoms with van der Waals surface area (Å²) in [6.07, 6.45) is 6.95. The van der Waals surface area contributed by atoms with E-state index < -0.39 is 73.8 Å². The molecule has 272 valence electrons. The predicted octanol–water partition coefficient (Wildman–Crippen LogP) is 4.24. The maximum Gasteiger partial charge on any atom is 0.408 e. The maximum atomic E-state index is 14.3. The number of allylic oxidation sites excluding steroid dienone is 1. The molecule has 6 rings (SSSR count). The molecule has 1 aromatic heterocycles. The molecule has 5 atom stereocenters. The second-order valence-electron chi connectivity index (χ2n) is 15.4. The van der Waals surface area contributed by atoms with E-state index in [-0.39, 0.29) is 19.4 Å². The Morgan fingerprint density at radius 2 is 1.90 bits per heavy atom. The number of amides is 4. The molecule has 4 aliphatic rings. The number of aryl methyl sites for hydroxylation is 1. The van der Waals surface area contributed by atoms with E-state index in [0.717, 1.165) is 28.6 Å². The van der Waals surface area contributed by atoms with Crippen LogP contribution in [0.5, 0.6) is 5.19 Å². The van der Waals surface area contributed by atoms with Crippen LogP contribution in [-0.4, -0.2) is 82.7 Å². The monoisotopic (exact) mass is 729 g/mol. The summed E-state index contributed by atoms with van der Waals surface area (Å²) in [6, 6.07) is 3.84. The molecule has 0 radical (unpaired) electrons. The normalized spacial score (nSPS) is 29.0. The van der Waals surface area contributed by atoms with Crippen molar-refractivity contribution in [3.8, 4) is 5.19 Å². The van der Waals surface area contributed by atoms with Crippen LogP contribution in [0.4, 0.5) is 4.79 Å². The van der Waals surface area contributed by atoms with Crippen molar-refractivity contribution in [2.24, 2.45) is 5.92 Å². The number of hydrogen-bond donors (Lipinski definition) is 3. The minimum atomic E-state index is -3.96. The Labute approximate surface area is 297 Å². The molecule has 0 bridgehead atoms. The van der Waals surface area contributed by atoms with Crippen molar-refractivity contribution in [2.45, 2.75) is 126 Å². The molecule has 2 saturated carbocycles. The van der Waals surface area contributed by atoms with Crippen LogP contribution in [0.15, 0.2) is 30.4 Å². The lowest BCUT2D eigenvalue weighted by Crippen LogP contribution is -2.58. The molecule has 2 aliphatic carbocycles. The molecule has 3 fully saturated rings. The number of nitrogens with one attached hydrogen (secondary N) is 3. The van der Waals surface area contributed by atoms with Gasteiger partial charge in [0.05, 0.1) is 21.5 Å². The smallest absolute Gasteiger partial charge is 0.408 e. The number of benzene rings is 1.